The Morgan fingerprint density at radius 1 is 1.23 bits per heavy atom. The van der Waals surface area contributed by atoms with Crippen molar-refractivity contribution >= 4 is 23.2 Å². The second-order valence-electron chi connectivity index (χ2n) is 7.21. The lowest BCUT2D eigenvalue weighted by molar-refractivity contribution is -0.115. The van der Waals surface area contributed by atoms with Gasteiger partial charge in [-0.1, -0.05) is 12.1 Å². The first-order chi connectivity index (χ1) is 12.6. The van der Waals surface area contributed by atoms with E-state index in [0.717, 1.165) is 24.3 Å². The Labute approximate surface area is 153 Å². The molecule has 1 unspecified atom stereocenters. The van der Waals surface area contributed by atoms with Crippen LogP contribution in [0.5, 0.6) is 0 Å². The molecule has 1 atom stereocenters. The summed E-state index contributed by atoms with van der Waals surface area (Å²) >= 11 is 0. The van der Waals surface area contributed by atoms with Crippen LogP contribution in [0.4, 0.5) is 11.4 Å². The van der Waals surface area contributed by atoms with Gasteiger partial charge >= 0.3 is 0 Å². The highest BCUT2D eigenvalue weighted by molar-refractivity contribution is 6.05. The lowest BCUT2D eigenvalue weighted by Crippen LogP contribution is -2.26. The first-order valence-electron chi connectivity index (χ1n) is 9.15. The molecule has 5 heteroatoms. The molecule has 2 aliphatic rings. The van der Waals surface area contributed by atoms with Crippen LogP contribution in [-0.4, -0.2) is 29.3 Å². The fourth-order valence-electron chi connectivity index (χ4n) is 3.73. The van der Waals surface area contributed by atoms with Crippen molar-refractivity contribution in [2.24, 2.45) is 0 Å². The van der Waals surface area contributed by atoms with E-state index in [1.165, 1.54) is 18.4 Å². The molecule has 2 N–H and O–H groups in total. The molecule has 0 aromatic heterocycles. The highest BCUT2D eigenvalue weighted by atomic mass is 16.2. The van der Waals surface area contributed by atoms with E-state index in [1.807, 2.05) is 42.5 Å². The molecule has 1 fully saturated rings. The van der Waals surface area contributed by atoms with Crippen molar-refractivity contribution in [3.05, 3.63) is 59.2 Å². The van der Waals surface area contributed by atoms with Gasteiger partial charge in [-0.2, -0.15) is 0 Å². The maximum Gasteiger partial charge on any atom is 0.255 e. The molecule has 0 aliphatic carbocycles. The van der Waals surface area contributed by atoms with E-state index in [9.17, 15) is 9.59 Å². The molecule has 2 aromatic rings. The van der Waals surface area contributed by atoms with Crippen molar-refractivity contribution in [2.75, 3.05) is 17.2 Å². The van der Waals surface area contributed by atoms with Gasteiger partial charge in [-0.05, 0) is 67.8 Å². The lowest BCUT2D eigenvalue weighted by Gasteiger charge is -2.20. The summed E-state index contributed by atoms with van der Waals surface area (Å²) < 4.78 is 0. The number of nitrogens with one attached hydrogen (secondary N) is 2. The van der Waals surface area contributed by atoms with Crippen molar-refractivity contribution < 1.29 is 9.59 Å². The monoisotopic (exact) mass is 349 g/mol. The van der Waals surface area contributed by atoms with Crippen molar-refractivity contribution in [1.82, 2.24) is 4.90 Å². The second kappa shape index (κ2) is 6.92. The quantitative estimate of drug-likeness (QED) is 0.889. The topological polar surface area (TPSA) is 61.4 Å². The van der Waals surface area contributed by atoms with E-state index in [1.54, 1.807) is 0 Å². The first-order valence-corrected chi connectivity index (χ1v) is 9.15. The SMILES string of the molecule is CC1CCCN1Cc1ccc(C(=O)Nc2ccc3c(c2)CC(=O)N3)cc1. The number of likely N-dealkylation sites (tertiary alicyclic amines) is 1. The minimum absolute atomic E-state index is 0.00798. The Kier molecular flexibility index (Phi) is 4.47. The van der Waals surface area contributed by atoms with Crippen LogP contribution < -0.4 is 10.6 Å². The largest absolute Gasteiger partial charge is 0.326 e. The maximum atomic E-state index is 12.5. The van der Waals surface area contributed by atoms with Crippen molar-refractivity contribution in [3.8, 4) is 0 Å². The van der Waals surface area contributed by atoms with Crippen LogP contribution in [-0.2, 0) is 17.8 Å². The van der Waals surface area contributed by atoms with Gasteiger partial charge in [-0.15, -0.1) is 0 Å². The summed E-state index contributed by atoms with van der Waals surface area (Å²) in [4.78, 5) is 26.4. The number of carbonyl (C=O) groups is 2. The van der Waals surface area contributed by atoms with E-state index in [0.29, 0.717) is 23.7 Å². The van der Waals surface area contributed by atoms with Crippen LogP contribution >= 0.6 is 0 Å². The highest BCUT2D eigenvalue weighted by Gasteiger charge is 2.20. The lowest BCUT2D eigenvalue weighted by atomic mass is 10.1. The zero-order valence-electron chi connectivity index (χ0n) is 14.9. The molecule has 2 aliphatic heterocycles. The van der Waals surface area contributed by atoms with Crippen molar-refractivity contribution in [3.63, 3.8) is 0 Å². The van der Waals surface area contributed by atoms with E-state index in [-0.39, 0.29) is 11.8 Å². The van der Waals surface area contributed by atoms with E-state index in [4.69, 9.17) is 0 Å². The molecule has 5 nitrogen and oxygen atoms in total. The Morgan fingerprint density at radius 3 is 2.77 bits per heavy atom. The zero-order valence-corrected chi connectivity index (χ0v) is 14.9. The predicted octanol–water partition coefficient (Wildman–Crippen LogP) is 3.42. The van der Waals surface area contributed by atoms with E-state index >= 15 is 0 Å². The number of amides is 2. The molecular weight excluding hydrogens is 326 g/mol. The molecule has 0 saturated carbocycles. The first kappa shape index (κ1) is 16.8. The molecule has 0 spiro atoms. The molecule has 2 amide bonds. The average Bonchev–Trinajstić information content (AvgIpc) is 3.19. The third-order valence-corrected chi connectivity index (χ3v) is 5.28. The van der Waals surface area contributed by atoms with Gasteiger partial charge < -0.3 is 10.6 Å². The summed E-state index contributed by atoms with van der Waals surface area (Å²) in [5, 5.41) is 5.71. The molecule has 4 rings (SSSR count). The number of anilines is 2. The summed E-state index contributed by atoms with van der Waals surface area (Å²) in [5.74, 6) is -0.144. The van der Waals surface area contributed by atoms with Crippen molar-refractivity contribution in [1.29, 1.82) is 0 Å². The van der Waals surface area contributed by atoms with Gasteiger partial charge in [0.25, 0.3) is 5.91 Å². The van der Waals surface area contributed by atoms with Gasteiger partial charge in [0, 0.05) is 29.5 Å². The van der Waals surface area contributed by atoms with Gasteiger partial charge in [0.2, 0.25) is 5.91 Å². The minimum atomic E-state index is -0.136. The zero-order chi connectivity index (χ0) is 18.1. The summed E-state index contributed by atoms with van der Waals surface area (Å²) in [6.45, 7) is 4.36. The van der Waals surface area contributed by atoms with Crippen molar-refractivity contribution in [2.45, 2.75) is 38.8 Å². The number of hydrogen-bond acceptors (Lipinski definition) is 3. The van der Waals surface area contributed by atoms with Crippen LogP contribution in [0.1, 0.15) is 41.3 Å². The van der Waals surface area contributed by atoms with E-state index in [2.05, 4.69) is 22.5 Å². The predicted molar refractivity (Wildman–Crippen MR) is 102 cm³/mol. The number of hydrogen-bond donors (Lipinski definition) is 2. The summed E-state index contributed by atoms with van der Waals surface area (Å²) in [6, 6.07) is 14.0. The molecular formula is C21H23N3O2. The van der Waals surface area contributed by atoms with Gasteiger partial charge in [-0.3, -0.25) is 14.5 Å². The third-order valence-electron chi connectivity index (χ3n) is 5.28. The molecule has 2 aromatic carbocycles. The average molecular weight is 349 g/mol. The number of carbonyl (C=O) groups excluding carboxylic acids is 2. The van der Waals surface area contributed by atoms with Crippen LogP contribution in [0.2, 0.25) is 0 Å². The maximum absolute atomic E-state index is 12.5. The number of benzene rings is 2. The Hall–Kier alpha value is -2.66. The Morgan fingerprint density at radius 2 is 2.04 bits per heavy atom. The fraction of sp³-hybridized carbons (Fsp3) is 0.333. The Balaban J connectivity index is 1.40. The van der Waals surface area contributed by atoms with Gasteiger partial charge in [0.1, 0.15) is 0 Å². The van der Waals surface area contributed by atoms with Gasteiger partial charge in [0.15, 0.2) is 0 Å². The third kappa shape index (κ3) is 3.48. The van der Waals surface area contributed by atoms with Crippen LogP contribution in [0.25, 0.3) is 0 Å². The summed E-state index contributed by atoms with van der Waals surface area (Å²) in [6.07, 6.45) is 2.90. The molecule has 0 radical (unpaired) electrons. The molecule has 134 valence electrons. The summed E-state index contributed by atoms with van der Waals surface area (Å²) in [5.41, 5.74) is 4.33. The number of nitrogens with zero attached hydrogens (tertiary/aromatic N) is 1. The molecule has 2 heterocycles. The fourth-order valence-corrected chi connectivity index (χ4v) is 3.73. The summed E-state index contributed by atoms with van der Waals surface area (Å²) in [7, 11) is 0. The minimum Gasteiger partial charge on any atom is -0.326 e. The van der Waals surface area contributed by atoms with Crippen LogP contribution in [0.3, 0.4) is 0 Å². The molecule has 1 saturated heterocycles. The molecule has 0 bridgehead atoms. The van der Waals surface area contributed by atoms with Gasteiger partial charge in [0.05, 0.1) is 6.42 Å². The van der Waals surface area contributed by atoms with Crippen LogP contribution in [0, 0.1) is 0 Å². The standard InChI is InChI=1S/C21H23N3O2/c1-14-3-2-10-24(14)13-15-4-6-16(7-5-15)21(26)22-18-8-9-19-17(11-18)12-20(25)23-19/h4-9,11,14H,2-3,10,12-13H2,1H3,(H,22,26)(H,23,25). The second-order valence-corrected chi connectivity index (χ2v) is 7.21. The van der Waals surface area contributed by atoms with E-state index < -0.39 is 0 Å². The smallest absolute Gasteiger partial charge is 0.255 e. The van der Waals surface area contributed by atoms with Gasteiger partial charge in [-0.25, -0.2) is 0 Å². The Bertz CT molecular complexity index is 845. The number of rotatable bonds is 4. The highest BCUT2D eigenvalue weighted by Crippen LogP contribution is 2.26. The molecule has 26 heavy (non-hydrogen) atoms. The number of fused-ring (bicyclic) bond motifs is 1. The normalized spacial score (nSPS) is 19.3. The van der Waals surface area contributed by atoms with Crippen LogP contribution in [0.15, 0.2) is 42.5 Å².